The Balaban J connectivity index is 2.13. The van der Waals surface area contributed by atoms with Crippen LogP contribution in [0.4, 0.5) is 0 Å². The van der Waals surface area contributed by atoms with Gasteiger partial charge in [-0.05, 0) is 39.7 Å². The summed E-state index contributed by atoms with van der Waals surface area (Å²) < 4.78 is 1.82. The maximum Gasteiger partial charge on any atom is 0.255 e. The van der Waals surface area contributed by atoms with Crippen LogP contribution in [0, 0.1) is 23.7 Å². The van der Waals surface area contributed by atoms with Gasteiger partial charge >= 0.3 is 0 Å². The van der Waals surface area contributed by atoms with Crippen molar-refractivity contribution in [3.05, 3.63) is 29.7 Å². The molecular formula is C17H20N6O. The number of nitrogens with zero attached hydrogens (tertiary/aromatic N) is 5. The number of carbonyl (C=O) groups is 1. The van der Waals surface area contributed by atoms with E-state index in [9.17, 15) is 10.1 Å². The molecule has 0 spiro atoms. The average molecular weight is 324 g/mol. The van der Waals surface area contributed by atoms with Crippen LogP contribution in [0.15, 0.2) is 18.5 Å². The van der Waals surface area contributed by atoms with Crippen molar-refractivity contribution in [2.75, 3.05) is 6.54 Å². The van der Waals surface area contributed by atoms with Gasteiger partial charge in [0.2, 0.25) is 0 Å². The molecule has 24 heavy (non-hydrogen) atoms. The Kier molecular flexibility index (Phi) is 4.06. The van der Waals surface area contributed by atoms with Crippen LogP contribution in [-0.4, -0.2) is 32.4 Å². The van der Waals surface area contributed by atoms with Gasteiger partial charge in [-0.15, -0.1) is 0 Å². The van der Waals surface area contributed by atoms with E-state index in [-0.39, 0.29) is 17.4 Å². The van der Waals surface area contributed by atoms with Crippen LogP contribution >= 0.6 is 0 Å². The number of amides is 1. The molecule has 0 aliphatic heterocycles. The Morgan fingerprint density at radius 3 is 2.79 bits per heavy atom. The summed E-state index contributed by atoms with van der Waals surface area (Å²) in [6, 6.07) is 4.11. The number of nitrogens with one attached hydrogen (secondary N) is 1. The number of carbonyl (C=O) groups excluding carboxylic acids is 1. The van der Waals surface area contributed by atoms with Crippen LogP contribution in [0.1, 0.15) is 48.8 Å². The summed E-state index contributed by atoms with van der Waals surface area (Å²) in [5.74, 6) is -0.165. The van der Waals surface area contributed by atoms with Gasteiger partial charge in [0.25, 0.3) is 5.91 Å². The predicted molar refractivity (Wildman–Crippen MR) is 88.0 cm³/mol. The second kappa shape index (κ2) is 6.04. The van der Waals surface area contributed by atoms with Crippen LogP contribution in [0.25, 0.3) is 11.3 Å². The molecule has 2 aromatic heterocycles. The smallest absolute Gasteiger partial charge is 0.255 e. The highest BCUT2D eigenvalue weighted by atomic mass is 16.1. The molecule has 0 aromatic carbocycles. The largest absolute Gasteiger partial charge is 0.352 e. The van der Waals surface area contributed by atoms with Crippen LogP contribution in [0.5, 0.6) is 0 Å². The lowest BCUT2D eigenvalue weighted by molar-refractivity contribution is 0.0955. The molecule has 1 aliphatic rings. The molecule has 0 saturated heterocycles. The number of hydrogen-bond donors (Lipinski definition) is 1. The molecule has 2 heterocycles. The normalized spacial score (nSPS) is 16.2. The van der Waals surface area contributed by atoms with Crippen LogP contribution in [-0.2, 0) is 0 Å². The van der Waals surface area contributed by atoms with Crippen LogP contribution in [0.2, 0.25) is 0 Å². The van der Waals surface area contributed by atoms with E-state index >= 15 is 0 Å². The third-order valence-corrected chi connectivity index (χ3v) is 4.75. The minimum atomic E-state index is -0.372. The monoisotopic (exact) mass is 324 g/mol. The minimum absolute atomic E-state index is 0.0841. The Morgan fingerprint density at radius 2 is 2.25 bits per heavy atom. The number of aromatic nitrogens is 4. The second-order valence-corrected chi connectivity index (χ2v) is 6.19. The SMILES string of the molecule is CCNC(=O)c1c(-c2ccnnc2)nn(C(C)C2(C#N)CC2)c1C. The first-order chi connectivity index (χ1) is 11.5. The third-order valence-electron chi connectivity index (χ3n) is 4.75. The van der Waals surface area contributed by atoms with Crippen LogP contribution < -0.4 is 5.32 Å². The first-order valence-corrected chi connectivity index (χ1v) is 8.09. The maximum absolute atomic E-state index is 12.6. The molecule has 124 valence electrons. The van der Waals surface area contributed by atoms with Gasteiger partial charge in [0.1, 0.15) is 5.69 Å². The molecule has 0 bridgehead atoms. The van der Waals surface area contributed by atoms with Crippen molar-refractivity contribution in [1.29, 1.82) is 5.26 Å². The van der Waals surface area contributed by atoms with E-state index in [4.69, 9.17) is 0 Å². The molecule has 1 aliphatic carbocycles. The molecule has 3 rings (SSSR count). The van der Waals surface area contributed by atoms with Gasteiger partial charge in [-0.1, -0.05) is 0 Å². The molecule has 7 heteroatoms. The van der Waals surface area contributed by atoms with Gasteiger partial charge in [0.05, 0.1) is 35.5 Å². The highest BCUT2D eigenvalue weighted by Crippen LogP contribution is 2.53. The molecule has 2 aromatic rings. The van der Waals surface area contributed by atoms with Crippen molar-refractivity contribution in [2.24, 2.45) is 5.41 Å². The summed E-state index contributed by atoms with van der Waals surface area (Å²) in [5.41, 5.74) is 2.24. The Labute approximate surface area is 140 Å². The fourth-order valence-corrected chi connectivity index (χ4v) is 3.04. The second-order valence-electron chi connectivity index (χ2n) is 6.19. The summed E-state index contributed by atoms with van der Waals surface area (Å²) in [7, 11) is 0. The lowest BCUT2D eigenvalue weighted by Crippen LogP contribution is -2.24. The van der Waals surface area contributed by atoms with Crippen molar-refractivity contribution in [3.8, 4) is 17.3 Å². The molecule has 1 fully saturated rings. The molecule has 1 N–H and O–H groups in total. The number of nitriles is 1. The van der Waals surface area contributed by atoms with E-state index in [1.807, 2.05) is 25.5 Å². The topological polar surface area (TPSA) is 96.5 Å². The zero-order chi connectivity index (χ0) is 17.3. The molecule has 1 amide bonds. The summed E-state index contributed by atoms with van der Waals surface area (Å²) >= 11 is 0. The minimum Gasteiger partial charge on any atom is -0.352 e. The fraction of sp³-hybridized carbons (Fsp3) is 0.471. The van der Waals surface area contributed by atoms with Gasteiger partial charge in [-0.25, -0.2) is 0 Å². The number of hydrogen-bond acceptors (Lipinski definition) is 5. The van der Waals surface area contributed by atoms with Gasteiger partial charge in [0, 0.05) is 17.8 Å². The van der Waals surface area contributed by atoms with E-state index in [0.29, 0.717) is 17.8 Å². The first-order valence-electron chi connectivity index (χ1n) is 8.09. The van der Waals surface area contributed by atoms with Gasteiger partial charge in [-0.2, -0.15) is 20.6 Å². The van der Waals surface area contributed by atoms with Crippen molar-refractivity contribution in [3.63, 3.8) is 0 Å². The average Bonchev–Trinajstić information content (AvgIpc) is 3.32. The maximum atomic E-state index is 12.6. The molecule has 1 saturated carbocycles. The van der Waals surface area contributed by atoms with Gasteiger partial charge in [-0.3, -0.25) is 9.48 Å². The summed E-state index contributed by atoms with van der Waals surface area (Å²) in [4.78, 5) is 12.6. The van der Waals surface area contributed by atoms with Crippen molar-refractivity contribution in [2.45, 2.75) is 39.7 Å². The number of rotatable bonds is 5. The van der Waals surface area contributed by atoms with E-state index in [1.165, 1.54) is 0 Å². The van der Waals surface area contributed by atoms with Crippen molar-refractivity contribution in [1.82, 2.24) is 25.3 Å². The molecule has 1 atom stereocenters. The lowest BCUT2D eigenvalue weighted by Gasteiger charge is -2.18. The third kappa shape index (κ3) is 2.54. The molecular weight excluding hydrogens is 304 g/mol. The molecule has 1 unspecified atom stereocenters. The summed E-state index contributed by atoms with van der Waals surface area (Å²) in [6.45, 7) is 6.28. The predicted octanol–water partition coefficient (Wildman–Crippen LogP) is 2.26. The van der Waals surface area contributed by atoms with Crippen LogP contribution in [0.3, 0.4) is 0 Å². The Morgan fingerprint density at radius 1 is 1.50 bits per heavy atom. The van der Waals surface area contributed by atoms with E-state index in [1.54, 1.807) is 18.5 Å². The van der Waals surface area contributed by atoms with Crippen molar-refractivity contribution < 1.29 is 4.79 Å². The molecule has 0 radical (unpaired) electrons. The molecule has 7 nitrogen and oxygen atoms in total. The Hall–Kier alpha value is -2.75. The standard InChI is InChI=1S/C17H20N6O/c1-4-19-16(24)14-11(2)23(12(3)17(10-18)6-7-17)22-15(14)13-5-8-20-21-9-13/h5,8-9,12H,4,6-7H2,1-3H3,(H,19,24). The van der Waals surface area contributed by atoms with Crippen molar-refractivity contribution >= 4 is 5.91 Å². The van der Waals surface area contributed by atoms with Gasteiger partial charge < -0.3 is 5.32 Å². The van der Waals surface area contributed by atoms with E-state index in [0.717, 1.165) is 24.1 Å². The summed E-state index contributed by atoms with van der Waals surface area (Å²) in [6.07, 6.45) is 4.90. The lowest BCUT2D eigenvalue weighted by atomic mass is 10.00. The highest BCUT2D eigenvalue weighted by molar-refractivity contribution is 6.01. The van der Waals surface area contributed by atoms with E-state index in [2.05, 4.69) is 26.7 Å². The van der Waals surface area contributed by atoms with E-state index < -0.39 is 0 Å². The Bertz CT molecular complexity index is 800. The van der Waals surface area contributed by atoms with Gasteiger partial charge in [0.15, 0.2) is 0 Å². The zero-order valence-corrected chi connectivity index (χ0v) is 14.1. The quantitative estimate of drug-likeness (QED) is 0.910. The fourth-order valence-electron chi connectivity index (χ4n) is 3.04. The summed E-state index contributed by atoms with van der Waals surface area (Å²) in [5, 5.41) is 24.7. The zero-order valence-electron chi connectivity index (χ0n) is 14.1. The first kappa shape index (κ1) is 16.1. The highest BCUT2D eigenvalue weighted by Gasteiger charge is 2.50.